The Kier molecular flexibility index (Phi) is 14.5. The third-order valence-corrected chi connectivity index (χ3v) is 23.2. The lowest BCUT2D eigenvalue weighted by Gasteiger charge is -2.51. The van der Waals surface area contributed by atoms with Crippen LogP contribution in [-0.4, -0.2) is 189 Å². The minimum absolute atomic E-state index is 0.00171. The Balaban J connectivity index is 0.649. The minimum Gasteiger partial charge on any atom is -0.459 e. The van der Waals surface area contributed by atoms with Crippen molar-refractivity contribution in [3.63, 3.8) is 0 Å². The number of carbonyl (C=O) groups excluding carboxylic acids is 1. The molecule has 0 aliphatic carbocycles. The van der Waals surface area contributed by atoms with Crippen LogP contribution in [-0.2, 0) is 75.8 Å². The average molecular weight is 1150 g/mol. The first kappa shape index (κ1) is 56.8. The molecule has 3 spiro atoms. The zero-order chi connectivity index (χ0) is 56.5. The number of rotatable bonds is 5. The summed E-state index contributed by atoms with van der Waals surface area (Å²) < 4.78 is 105. The molecule has 16 aliphatic rings. The summed E-state index contributed by atoms with van der Waals surface area (Å²) >= 11 is 0. The predicted molar refractivity (Wildman–Crippen MR) is 296 cm³/mol. The van der Waals surface area contributed by atoms with Crippen molar-refractivity contribution in [3.05, 3.63) is 24.3 Å². The van der Waals surface area contributed by atoms with Crippen molar-refractivity contribution < 1.29 is 75.8 Å². The van der Waals surface area contributed by atoms with Gasteiger partial charge in [0.2, 0.25) is 0 Å². The smallest absolute Gasteiger partial charge is 0.308 e. The molecule has 0 saturated carbocycles. The summed E-state index contributed by atoms with van der Waals surface area (Å²) in [6.07, 6.45) is 8.00. The molecule has 12 bridgehead atoms. The van der Waals surface area contributed by atoms with Crippen LogP contribution in [0.4, 0.5) is 0 Å². The first-order chi connectivity index (χ1) is 39.2. The molecule has 0 aromatic carbocycles. The van der Waals surface area contributed by atoms with Gasteiger partial charge in [0, 0.05) is 70.3 Å². The molecule has 0 aromatic rings. The van der Waals surface area contributed by atoms with Gasteiger partial charge in [-0.2, -0.15) is 0 Å². The fourth-order valence-corrected chi connectivity index (χ4v) is 19.7. The lowest BCUT2D eigenvalue weighted by Crippen LogP contribution is -2.62. The molecule has 16 fully saturated rings. The van der Waals surface area contributed by atoms with E-state index in [0.717, 1.165) is 81.9 Å². The van der Waals surface area contributed by atoms with E-state index in [1.54, 1.807) is 0 Å². The molecule has 0 N–H and O–H groups in total. The van der Waals surface area contributed by atoms with E-state index in [4.69, 9.17) is 71.1 Å². The third-order valence-electron chi connectivity index (χ3n) is 23.2. The molecule has 0 amide bonds. The van der Waals surface area contributed by atoms with Crippen LogP contribution in [0.3, 0.4) is 0 Å². The van der Waals surface area contributed by atoms with Crippen LogP contribution in [0.15, 0.2) is 24.3 Å². The molecule has 0 radical (unpaired) electrons. The summed E-state index contributed by atoms with van der Waals surface area (Å²) in [7, 11) is 4.30. The third kappa shape index (κ3) is 9.92. The Morgan fingerprint density at radius 3 is 2.07 bits per heavy atom. The van der Waals surface area contributed by atoms with Gasteiger partial charge in [0.25, 0.3) is 0 Å². The largest absolute Gasteiger partial charge is 0.459 e. The van der Waals surface area contributed by atoms with Gasteiger partial charge in [0.05, 0.1) is 104 Å². The summed E-state index contributed by atoms with van der Waals surface area (Å²) in [5.74, 6) is -1.13. The number of ether oxygens (including phenoxy) is 15. The van der Waals surface area contributed by atoms with E-state index in [1.807, 2.05) is 0 Å². The van der Waals surface area contributed by atoms with Gasteiger partial charge in [-0.3, -0.25) is 4.79 Å². The summed E-state index contributed by atoms with van der Waals surface area (Å²) in [6, 6.07) is 0. The van der Waals surface area contributed by atoms with E-state index in [1.165, 1.54) is 0 Å². The fourth-order valence-electron chi connectivity index (χ4n) is 19.7. The predicted octanol–water partition coefficient (Wildman–Crippen LogP) is 8.44. The zero-order valence-corrected chi connectivity index (χ0v) is 50.5. The van der Waals surface area contributed by atoms with Crippen LogP contribution in [0.1, 0.15) is 164 Å². The molecule has 82 heavy (non-hydrogen) atoms. The highest BCUT2D eigenvalue weighted by molar-refractivity contribution is 5.70. The van der Waals surface area contributed by atoms with E-state index in [9.17, 15) is 4.79 Å². The number of hydrogen-bond donors (Lipinski definition) is 0. The van der Waals surface area contributed by atoms with Crippen LogP contribution >= 0.6 is 0 Å². The second-order valence-electron chi connectivity index (χ2n) is 30.2. The van der Waals surface area contributed by atoms with Gasteiger partial charge >= 0.3 is 5.97 Å². The van der Waals surface area contributed by atoms with Crippen LogP contribution in [0.2, 0.25) is 0 Å². The first-order valence-electron chi connectivity index (χ1n) is 32.7. The quantitative estimate of drug-likeness (QED) is 0.191. The minimum atomic E-state index is -0.856. The number of fused-ring (bicyclic) bond motifs is 10. The monoisotopic (exact) mass is 1150 g/mol. The molecule has 16 saturated heterocycles. The average Bonchev–Trinajstić information content (AvgIpc) is 2.76. The van der Waals surface area contributed by atoms with Crippen molar-refractivity contribution >= 4 is 5.97 Å². The standard InChI is InChI=1S/C65H97NO16/c1-31(29-66(10)11)18-33(3)44-22-49-53(73-44)35(5)25-64(77-49)26-36(6)54-51(78-64)28-65(80-54)27-50-46(76-65)24-48-55(74-50)38(8)56-47(71-48)23-45-37(7)32(2)19-39(69-45)12-14-42-34(4)20-41(68-42)16-17-63-30-62(9)61(82-63)60-59(79-62)58(81-63)57-43(72-60)15-13-40(70-57)21-52(67)75-56/h31-33,35-36,38-51,53-61H,4,7,12-30H2,1-3,5-6,8-11H3/t31-,32-,33+,35+,36+,38+,39+,40-,41+,42+,43+,44+,45-,46-,47+,48+,49+,50-,51+,53+,54+,55+,56-,57+,58+,59+,60-,61?,62+,63-,64-,65+/m1/s1. The second kappa shape index (κ2) is 21.0. The van der Waals surface area contributed by atoms with Crippen molar-refractivity contribution in [1.29, 1.82) is 0 Å². The topological polar surface area (TPSA) is 159 Å². The van der Waals surface area contributed by atoms with Gasteiger partial charge in [-0.25, -0.2) is 0 Å². The summed E-state index contributed by atoms with van der Waals surface area (Å²) in [4.78, 5) is 16.9. The highest BCUT2D eigenvalue weighted by Gasteiger charge is 2.73. The molecule has 0 aromatic heterocycles. The van der Waals surface area contributed by atoms with Crippen molar-refractivity contribution in [3.8, 4) is 0 Å². The number of esters is 1. The summed E-state index contributed by atoms with van der Waals surface area (Å²) in [5.41, 5.74) is 1.65. The fraction of sp³-hybridized carbons (Fsp3) is 0.923. The normalized spacial score (nSPS) is 56.5. The van der Waals surface area contributed by atoms with Gasteiger partial charge in [0.15, 0.2) is 17.4 Å². The van der Waals surface area contributed by atoms with Crippen LogP contribution in [0, 0.1) is 35.5 Å². The Hall–Kier alpha value is -1.65. The maximum atomic E-state index is 14.7. The van der Waals surface area contributed by atoms with Gasteiger partial charge in [-0.15, -0.1) is 0 Å². The number of hydrogen-bond acceptors (Lipinski definition) is 17. The molecule has 1 unspecified atom stereocenters. The van der Waals surface area contributed by atoms with Crippen molar-refractivity contribution in [2.24, 2.45) is 35.5 Å². The Bertz CT molecular complexity index is 2450. The Labute approximate surface area is 486 Å². The van der Waals surface area contributed by atoms with Gasteiger partial charge in [-0.05, 0) is 113 Å². The molecule has 458 valence electrons. The summed E-state index contributed by atoms with van der Waals surface area (Å²) in [5, 5.41) is 0. The Morgan fingerprint density at radius 2 is 1.24 bits per heavy atom. The first-order valence-corrected chi connectivity index (χ1v) is 32.7. The lowest BCUT2D eigenvalue weighted by atomic mass is 9.79. The van der Waals surface area contributed by atoms with Crippen LogP contribution < -0.4 is 0 Å². The number of carbonyl (C=O) groups is 1. The molecule has 16 heterocycles. The maximum Gasteiger partial charge on any atom is 0.308 e. The molecular weight excluding hydrogens is 1050 g/mol. The van der Waals surface area contributed by atoms with Gasteiger partial charge in [0.1, 0.15) is 42.2 Å². The highest BCUT2D eigenvalue weighted by Crippen LogP contribution is 2.60. The van der Waals surface area contributed by atoms with E-state index in [2.05, 4.69) is 80.6 Å². The lowest BCUT2D eigenvalue weighted by molar-refractivity contribution is -0.347. The molecule has 16 aliphatic heterocycles. The zero-order valence-electron chi connectivity index (χ0n) is 50.5. The van der Waals surface area contributed by atoms with E-state index < -0.39 is 53.5 Å². The Morgan fingerprint density at radius 1 is 0.549 bits per heavy atom. The van der Waals surface area contributed by atoms with Crippen molar-refractivity contribution in [2.45, 2.75) is 321 Å². The maximum absolute atomic E-state index is 14.7. The van der Waals surface area contributed by atoms with Crippen LogP contribution in [0.25, 0.3) is 0 Å². The van der Waals surface area contributed by atoms with E-state index in [-0.39, 0.29) is 134 Å². The second-order valence-corrected chi connectivity index (χ2v) is 30.2. The molecular formula is C65H97NO16. The van der Waals surface area contributed by atoms with Gasteiger partial charge in [-0.1, -0.05) is 54.7 Å². The number of nitrogens with zero attached hydrogens (tertiary/aromatic N) is 1. The van der Waals surface area contributed by atoms with Crippen molar-refractivity contribution in [1.82, 2.24) is 4.90 Å². The highest BCUT2D eigenvalue weighted by atomic mass is 16.8. The molecule has 17 nitrogen and oxygen atoms in total. The SMILES string of the molecule is C=C1C[C@@H]2CC[C@@]34C[C@]5(C)O[C@H]6[C@@H](O3)[C@H]3O[C@H](CC[C@@H]3O[C@H]6C5O4)CC(=O)O[C@@H]3[C@@H](C)[C@@H]4O[C@@H]5C[C@]6(C[C@@H]7O[C@]8(C[C@H](C)[C@@H]9O[C@H]([C@@H](C)C[C@@H](C)CN(C)C)C[C@@H]9O8)C[C@H](C)[C@@H]7O6)O[C@@H]5C[C@@H]4O[C@H]3C[C@H]3O[C@@H](CC[C@@H]1O2)C[C@@H](C)C3=C. The summed E-state index contributed by atoms with van der Waals surface area (Å²) in [6.45, 7) is 26.1. The molecule has 32 atom stereocenters. The van der Waals surface area contributed by atoms with Crippen molar-refractivity contribution in [2.75, 3.05) is 20.6 Å². The molecule has 16 rings (SSSR count). The molecule has 17 heteroatoms. The van der Waals surface area contributed by atoms with Gasteiger partial charge < -0.3 is 76.0 Å². The van der Waals surface area contributed by atoms with Crippen LogP contribution in [0.5, 0.6) is 0 Å². The van der Waals surface area contributed by atoms with E-state index in [0.29, 0.717) is 62.7 Å². The van der Waals surface area contributed by atoms with E-state index >= 15 is 0 Å².